The lowest BCUT2D eigenvalue weighted by Crippen LogP contribution is -2.17. The Hall–Kier alpha value is -3.13. The summed E-state index contributed by atoms with van der Waals surface area (Å²) in [4.78, 5) is 11.5. The van der Waals surface area contributed by atoms with Gasteiger partial charge in [0.15, 0.2) is 0 Å². The molecule has 29 heavy (non-hydrogen) atoms. The molecule has 0 spiro atoms. The normalized spacial score (nSPS) is 13.3. The van der Waals surface area contributed by atoms with E-state index in [1.54, 1.807) is 24.6 Å². The molecule has 0 saturated carbocycles. The van der Waals surface area contributed by atoms with Crippen molar-refractivity contribution in [3.63, 3.8) is 0 Å². The van der Waals surface area contributed by atoms with Crippen LogP contribution in [0.15, 0.2) is 47.4 Å². The Kier molecular flexibility index (Phi) is 4.66. The smallest absolute Gasteiger partial charge is 0.335 e. The van der Waals surface area contributed by atoms with Gasteiger partial charge in [-0.25, -0.2) is 17.9 Å². The third kappa shape index (κ3) is 3.40. The van der Waals surface area contributed by atoms with Gasteiger partial charge in [0.25, 0.3) is 10.0 Å². The number of carboxylic acids is 1. The van der Waals surface area contributed by atoms with E-state index in [1.165, 1.54) is 6.07 Å². The van der Waals surface area contributed by atoms with Crippen LogP contribution in [0.2, 0.25) is 0 Å². The Balaban J connectivity index is 1.78. The number of aromatic carboxylic acids is 1. The first-order valence-electron chi connectivity index (χ1n) is 9.31. The van der Waals surface area contributed by atoms with Crippen molar-refractivity contribution in [1.29, 1.82) is 0 Å². The van der Waals surface area contributed by atoms with Gasteiger partial charge < -0.3 is 5.11 Å². The molecular weight excluding hydrogens is 390 g/mol. The molecule has 0 bridgehead atoms. The number of benzene rings is 2. The molecule has 1 aliphatic carbocycles. The molecular formula is C21H21N3O4S. The van der Waals surface area contributed by atoms with E-state index in [0.717, 1.165) is 17.7 Å². The number of hydrogen-bond donors (Lipinski definition) is 2. The molecule has 0 saturated heterocycles. The van der Waals surface area contributed by atoms with Crippen molar-refractivity contribution >= 4 is 21.7 Å². The molecule has 0 amide bonds. The summed E-state index contributed by atoms with van der Waals surface area (Å²) in [7, 11) is -3.98. The van der Waals surface area contributed by atoms with Crippen molar-refractivity contribution in [2.75, 3.05) is 4.72 Å². The average molecular weight is 411 g/mol. The second-order valence-electron chi connectivity index (χ2n) is 7.17. The lowest BCUT2D eigenvalue weighted by atomic mass is 10.1. The predicted molar refractivity (Wildman–Crippen MR) is 109 cm³/mol. The summed E-state index contributed by atoms with van der Waals surface area (Å²) in [5.41, 5.74) is 3.91. The molecule has 1 aromatic heterocycles. The molecule has 7 nitrogen and oxygen atoms in total. The van der Waals surface area contributed by atoms with E-state index in [9.17, 15) is 18.3 Å². The van der Waals surface area contributed by atoms with E-state index in [4.69, 9.17) is 0 Å². The summed E-state index contributed by atoms with van der Waals surface area (Å²) < 4.78 is 30.8. The summed E-state index contributed by atoms with van der Waals surface area (Å²) in [6.45, 7) is 3.53. The maximum absolute atomic E-state index is 13.2. The number of sulfonamides is 1. The maximum atomic E-state index is 13.2. The second kappa shape index (κ2) is 7.04. The SMILES string of the molecule is Cc1nn(-c2ccccc2)c(C)c1NS(=O)(=O)c1cc(C(=O)O)cc2c1CCC2. The maximum Gasteiger partial charge on any atom is 0.335 e. The number of aryl methyl sites for hydroxylation is 2. The number of para-hydroxylation sites is 1. The molecule has 0 unspecified atom stereocenters. The lowest BCUT2D eigenvalue weighted by molar-refractivity contribution is 0.0696. The highest BCUT2D eigenvalue weighted by Crippen LogP contribution is 2.32. The first-order chi connectivity index (χ1) is 13.8. The van der Waals surface area contributed by atoms with Crippen LogP contribution >= 0.6 is 0 Å². The molecule has 0 aliphatic heterocycles. The third-order valence-corrected chi connectivity index (χ3v) is 6.66. The molecule has 3 aromatic rings. The van der Waals surface area contributed by atoms with E-state index < -0.39 is 16.0 Å². The highest BCUT2D eigenvalue weighted by Gasteiger charge is 2.28. The van der Waals surface area contributed by atoms with E-state index >= 15 is 0 Å². The highest BCUT2D eigenvalue weighted by atomic mass is 32.2. The van der Waals surface area contributed by atoms with Gasteiger partial charge in [-0.2, -0.15) is 5.10 Å². The quantitative estimate of drug-likeness (QED) is 0.669. The molecule has 1 aliphatic rings. The molecule has 150 valence electrons. The molecule has 0 fully saturated rings. The van der Waals surface area contributed by atoms with Crippen molar-refractivity contribution in [3.05, 3.63) is 70.5 Å². The summed E-state index contributed by atoms with van der Waals surface area (Å²) in [6.07, 6.45) is 2.11. The molecule has 1 heterocycles. The summed E-state index contributed by atoms with van der Waals surface area (Å²) in [5, 5.41) is 13.9. The highest BCUT2D eigenvalue weighted by molar-refractivity contribution is 7.92. The van der Waals surface area contributed by atoms with Gasteiger partial charge in [0.1, 0.15) is 0 Å². The Morgan fingerprint density at radius 3 is 2.55 bits per heavy atom. The Morgan fingerprint density at radius 1 is 1.14 bits per heavy atom. The Labute approximate surface area is 169 Å². The van der Waals surface area contributed by atoms with Crippen molar-refractivity contribution in [2.45, 2.75) is 38.0 Å². The molecule has 2 aromatic carbocycles. The molecule has 0 atom stereocenters. The van der Waals surface area contributed by atoms with Gasteiger partial charge in [0.05, 0.1) is 33.2 Å². The second-order valence-corrected chi connectivity index (χ2v) is 8.82. The van der Waals surface area contributed by atoms with Gasteiger partial charge in [0, 0.05) is 0 Å². The largest absolute Gasteiger partial charge is 0.478 e. The summed E-state index contributed by atoms with van der Waals surface area (Å²) >= 11 is 0. The number of hydrogen-bond acceptors (Lipinski definition) is 4. The van der Waals surface area contributed by atoms with Crippen molar-refractivity contribution in [1.82, 2.24) is 9.78 Å². The van der Waals surface area contributed by atoms with E-state index in [0.29, 0.717) is 35.5 Å². The van der Waals surface area contributed by atoms with Crippen molar-refractivity contribution in [2.24, 2.45) is 0 Å². The van der Waals surface area contributed by atoms with Gasteiger partial charge in [-0.3, -0.25) is 4.72 Å². The van der Waals surface area contributed by atoms with Crippen LogP contribution in [0.25, 0.3) is 5.69 Å². The zero-order valence-corrected chi connectivity index (χ0v) is 17.0. The number of carboxylic acid groups (broad SMARTS) is 1. The minimum absolute atomic E-state index is 0.0144. The van der Waals surface area contributed by atoms with Gasteiger partial charge in [-0.05, 0) is 68.5 Å². The van der Waals surface area contributed by atoms with E-state index in [2.05, 4.69) is 9.82 Å². The van der Waals surface area contributed by atoms with E-state index in [1.807, 2.05) is 30.3 Å². The van der Waals surface area contributed by atoms with E-state index in [-0.39, 0.29) is 10.5 Å². The van der Waals surface area contributed by atoms with Crippen LogP contribution in [0.1, 0.15) is 39.3 Å². The minimum Gasteiger partial charge on any atom is -0.478 e. The fraction of sp³-hybridized carbons (Fsp3) is 0.238. The first kappa shape index (κ1) is 19.2. The molecule has 2 N–H and O–H groups in total. The number of nitrogens with one attached hydrogen (secondary N) is 1. The number of aromatic nitrogens is 2. The number of rotatable bonds is 5. The molecule has 0 radical (unpaired) electrons. The van der Waals surface area contributed by atoms with Crippen molar-refractivity contribution < 1.29 is 18.3 Å². The van der Waals surface area contributed by atoms with Crippen LogP contribution in [0.4, 0.5) is 5.69 Å². The van der Waals surface area contributed by atoms with Gasteiger partial charge in [0.2, 0.25) is 0 Å². The number of fused-ring (bicyclic) bond motifs is 1. The van der Waals surface area contributed by atoms with Gasteiger partial charge in [-0.1, -0.05) is 18.2 Å². The fourth-order valence-electron chi connectivity index (χ4n) is 3.83. The number of carbonyl (C=O) groups is 1. The number of anilines is 1. The third-order valence-electron chi connectivity index (χ3n) is 5.24. The molecule has 8 heteroatoms. The number of nitrogens with zero attached hydrogens (tertiary/aromatic N) is 2. The first-order valence-corrected chi connectivity index (χ1v) is 10.8. The summed E-state index contributed by atoms with van der Waals surface area (Å²) in [6, 6.07) is 12.3. The zero-order valence-electron chi connectivity index (χ0n) is 16.1. The monoisotopic (exact) mass is 411 g/mol. The minimum atomic E-state index is -3.98. The zero-order chi connectivity index (χ0) is 20.8. The average Bonchev–Trinajstić information content (AvgIpc) is 3.27. The van der Waals surface area contributed by atoms with Crippen LogP contribution in [0.5, 0.6) is 0 Å². The van der Waals surface area contributed by atoms with Crippen LogP contribution in [-0.2, 0) is 22.9 Å². The van der Waals surface area contributed by atoms with Gasteiger partial charge >= 0.3 is 5.97 Å². The predicted octanol–water partition coefficient (Wildman–Crippen LogP) is 3.48. The standard InChI is InChI=1S/C21H21N3O4S/c1-13-20(14(2)24(22-13)17-8-4-3-5-9-17)23-29(27,28)19-12-16(21(25)26)11-15-7-6-10-18(15)19/h3-5,8-9,11-12,23H,6-7,10H2,1-2H3,(H,25,26). The van der Waals surface area contributed by atoms with Crippen LogP contribution in [-0.4, -0.2) is 29.3 Å². The Bertz CT molecular complexity index is 1210. The Morgan fingerprint density at radius 2 is 1.86 bits per heavy atom. The van der Waals surface area contributed by atoms with Crippen molar-refractivity contribution in [3.8, 4) is 5.69 Å². The summed E-state index contributed by atoms with van der Waals surface area (Å²) in [5.74, 6) is -1.14. The van der Waals surface area contributed by atoms with Crippen LogP contribution in [0.3, 0.4) is 0 Å². The lowest BCUT2D eigenvalue weighted by Gasteiger charge is -2.13. The topological polar surface area (TPSA) is 101 Å². The van der Waals surface area contributed by atoms with Gasteiger partial charge in [-0.15, -0.1) is 0 Å². The van der Waals surface area contributed by atoms with Crippen LogP contribution < -0.4 is 4.72 Å². The molecule has 4 rings (SSSR count). The van der Waals surface area contributed by atoms with Crippen LogP contribution in [0, 0.1) is 13.8 Å². The fourth-order valence-corrected chi connectivity index (χ4v) is 5.34.